The Morgan fingerprint density at radius 2 is 2.33 bits per heavy atom. The first-order chi connectivity index (χ1) is 5.88. The van der Waals surface area contributed by atoms with E-state index in [2.05, 4.69) is 10.2 Å². The van der Waals surface area contributed by atoms with Crippen LogP contribution in [0.4, 0.5) is 0 Å². The highest BCUT2D eigenvalue weighted by Crippen LogP contribution is 2.14. The Bertz CT molecular complexity index is 139. The van der Waals surface area contributed by atoms with Gasteiger partial charge in [0.25, 0.3) is 0 Å². The Hall–Kier alpha value is -0.120. The molecule has 0 radical (unpaired) electrons. The van der Waals surface area contributed by atoms with E-state index in [1.807, 2.05) is 0 Å². The summed E-state index contributed by atoms with van der Waals surface area (Å²) in [5, 5.41) is 3.51. The number of hydrogen-bond acceptors (Lipinski definition) is 3. The van der Waals surface area contributed by atoms with E-state index in [-0.39, 0.29) is 0 Å². The summed E-state index contributed by atoms with van der Waals surface area (Å²) in [7, 11) is 1.80. The molecule has 2 aliphatic rings. The summed E-state index contributed by atoms with van der Waals surface area (Å²) in [6.45, 7) is 4.70. The SMILES string of the molecule is COC1CN(CC2CCCN2)C1. The van der Waals surface area contributed by atoms with Crippen LogP contribution in [-0.2, 0) is 4.74 Å². The Morgan fingerprint density at radius 1 is 1.50 bits per heavy atom. The molecule has 0 aromatic carbocycles. The number of rotatable bonds is 3. The second kappa shape index (κ2) is 3.73. The monoisotopic (exact) mass is 170 g/mol. The van der Waals surface area contributed by atoms with Gasteiger partial charge in [0, 0.05) is 32.8 Å². The molecule has 1 N–H and O–H groups in total. The lowest BCUT2D eigenvalue weighted by Gasteiger charge is -2.39. The molecule has 0 saturated carbocycles. The van der Waals surface area contributed by atoms with Crippen LogP contribution in [0, 0.1) is 0 Å². The van der Waals surface area contributed by atoms with Gasteiger partial charge in [0.1, 0.15) is 0 Å². The predicted molar refractivity (Wildman–Crippen MR) is 48.3 cm³/mol. The zero-order valence-corrected chi connectivity index (χ0v) is 7.75. The fourth-order valence-electron chi connectivity index (χ4n) is 2.04. The van der Waals surface area contributed by atoms with Gasteiger partial charge in [0.15, 0.2) is 0 Å². The molecule has 2 saturated heterocycles. The van der Waals surface area contributed by atoms with Crippen LogP contribution in [0.25, 0.3) is 0 Å². The lowest BCUT2D eigenvalue weighted by Crippen LogP contribution is -2.55. The van der Waals surface area contributed by atoms with Gasteiger partial charge >= 0.3 is 0 Å². The fourth-order valence-corrected chi connectivity index (χ4v) is 2.04. The molecule has 2 aliphatic heterocycles. The van der Waals surface area contributed by atoms with E-state index in [0.29, 0.717) is 6.10 Å². The van der Waals surface area contributed by atoms with Gasteiger partial charge in [-0.15, -0.1) is 0 Å². The number of nitrogens with one attached hydrogen (secondary N) is 1. The molecular weight excluding hydrogens is 152 g/mol. The van der Waals surface area contributed by atoms with Gasteiger partial charge in [-0.3, -0.25) is 4.90 Å². The number of ether oxygens (including phenoxy) is 1. The molecule has 2 fully saturated rings. The van der Waals surface area contributed by atoms with Crippen LogP contribution >= 0.6 is 0 Å². The van der Waals surface area contributed by atoms with Crippen molar-refractivity contribution in [3.8, 4) is 0 Å². The van der Waals surface area contributed by atoms with Crippen molar-refractivity contribution < 1.29 is 4.74 Å². The molecule has 12 heavy (non-hydrogen) atoms. The topological polar surface area (TPSA) is 24.5 Å². The molecule has 0 aromatic heterocycles. The lowest BCUT2D eigenvalue weighted by molar-refractivity contribution is -0.0321. The van der Waals surface area contributed by atoms with Crippen molar-refractivity contribution in [3.05, 3.63) is 0 Å². The van der Waals surface area contributed by atoms with E-state index in [0.717, 1.165) is 19.1 Å². The molecule has 70 valence electrons. The molecule has 0 spiro atoms. The van der Waals surface area contributed by atoms with E-state index in [1.54, 1.807) is 7.11 Å². The van der Waals surface area contributed by atoms with Crippen molar-refractivity contribution in [2.45, 2.75) is 25.0 Å². The fraction of sp³-hybridized carbons (Fsp3) is 1.00. The van der Waals surface area contributed by atoms with Crippen molar-refractivity contribution in [1.82, 2.24) is 10.2 Å². The van der Waals surface area contributed by atoms with E-state index in [4.69, 9.17) is 4.74 Å². The normalized spacial score (nSPS) is 32.2. The average molecular weight is 170 g/mol. The number of nitrogens with zero attached hydrogens (tertiary/aromatic N) is 1. The summed E-state index contributed by atoms with van der Waals surface area (Å²) in [6.07, 6.45) is 3.21. The van der Waals surface area contributed by atoms with E-state index >= 15 is 0 Å². The summed E-state index contributed by atoms with van der Waals surface area (Å²) in [4.78, 5) is 2.47. The van der Waals surface area contributed by atoms with Gasteiger partial charge in [-0.25, -0.2) is 0 Å². The zero-order chi connectivity index (χ0) is 8.39. The van der Waals surface area contributed by atoms with Crippen molar-refractivity contribution in [1.29, 1.82) is 0 Å². The summed E-state index contributed by atoms with van der Waals surface area (Å²) in [5.74, 6) is 0. The molecule has 0 aromatic rings. The van der Waals surface area contributed by atoms with Crippen molar-refractivity contribution >= 4 is 0 Å². The first-order valence-corrected chi connectivity index (χ1v) is 4.87. The van der Waals surface area contributed by atoms with E-state index < -0.39 is 0 Å². The summed E-state index contributed by atoms with van der Waals surface area (Å²) in [5.41, 5.74) is 0. The zero-order valence-electron chi connectivity index (χ0n) is 7.75. The summed E-state index contributed by atoms with van der Waals surface area (Å²) >= 11 is 0. The van der Waals surface area contributed by atoms with Crippen LogP contribution < -0.4 is 5.32 Å². The van der Waals surface area contributed by atoms with Crippen LogP contribution in [0.2, 0.25) is 0 Å². The van der Waals surface area contributed by atoms with Gasteiger partial charge < -0.3 is 10.1 Å². The largest absolute Gasteiger partial charge is 0.379 e. The second-order valence-electron chi connectivity index (χ2n) is 3.87. The standard InChI is InChI=1S/C9H18N2O/c1-12-9-6-11(7-9)5-8-3-2-4-10-8/h8-10H,2-7H2,1H3. The molecule has 2 heterocycles. The van der Waals surface area contributed by atoms with E-state index in [9.17, 15) is 0 Å². The van der Waals surface area contributed by atoms with E-state index in [1.165, 1.54) is 25.9 Å². The third-order valence-corrected chi connectivity index (χ3v) is 2.90. The lowest BCUT2D eigenvalue weighted by atomic mass is 10.1. The predicted octanol–water partition coefficient (Wildman–Crippen LogP) is 0.0690. The molecule has 2 rings (SSSR count). The van der Waals surface area contributed by atoms with Crippen LogP contribution in [0.1, 0.15) is 12.8 Å². The highest BCUT2D eigenvalue weighted by Gasteiger charge is 2.28. The first kappa shape index (κ1) is 8.48. The minimum atomic E-state index is 0.506. The minimum absolute atomic E-state index is 0.506. The smallest absolute Gasteiger partial charge is 0.0824 e. The third-order valence-electron chi connectivity index (χ3n) is 2.90. The van der Waals surface area contributed by atoms with Gasteiger partial charge in [0.05, 0.1) is 6.10 Å². The summed E-state index contributed by atoms with van der Waals surface area (Å²) < 4.78 is 5.22. The van der Waals surface area contributed by atoms with Crippen LogP contribution in [0.15, 0.2) is 0 Å². The molecule has 0 aliphatic carbocycles. The summed E-state index contributed by atoms with van der Waals surface area (Å²) in [6, 6.07) is 0.753. The first-order valence-electron chi connectivity index (χ1n) is 4.87. The molecule has 0 bridgehead atoms. The highest BCUT2D eigenvalue weighted by atomic mass is 16.5. The molecule has 1 unspecified atom stereocenters. The Morgan fingerprint density at radius 3 is 2.92 bits per heavy atom. The Kier molecular flexibility index (Phi) is 2.63. The number of likely N-dealkylation sites (tertiary alicyclic amines) is 1. The van der Waals surface area contributed by atoms with Crippen molar-refractivity contribution in [2.75, 3.05) is 33.3 Å². The average Bonchev–Trinajstić information content (AvgIpc) is 2.47. The van der Waals surface area contributed by atoms with Crippen molar-refractivity contribution in [3.63, 3.8) is 0 Å². The van der Waals surface area contributed by atoms with Gasteiger partial charge in [0.2, 0.25) is 0 Å². The molecule has 3 heteroatoms. The molecule has 1 atom stereocenters. The number of hydrogen-bond donors (Lipinski definition) is 1. The van der Waals surface area contributed by atoms with Gasteiger partial charge in [-0.1, -0.05) is 0 Å². The third kappa shape index (κ3) is 1.79. The Labute approximate surface area is 74.1 Å². The molecule has 0 amide bonds. The molecule has 3 nitrogen and oxygen atoms in total. The van der Waals surface area contributed by atoms with Crippen molar-refractivity contribution in [2.24, 2.45) is 0 Å². The maximum Gasteiger partial charge on any atom is 0.0824 e. The van der Waals surface area contributed by atoms with Crippen LogP contribution in [0.3, 0.4) is 0 Å². The quantitative estimate of drug-likeness (QED) is 0.648. The Balaban J connectivity index is 1.62. The van der Waals surface area contributed by atoms with Crippen LogP contribution in [0.5, 0.6) is 0 Å². The highest BCUT2D eigenvalue weighted by molar-refractivity contribution is 4.85. The molecular formula is C9H18N2O. The van der Waals surface area contributed by atoms with Crippen LogP contribution in [-0.4, -0.2) is 50.3 Å². The maximum absolute atomic E-state index is 5.22. The maximum atomic E-state index is 5.22. The van der Waals surface area contributed by atoms with Gasteiger partial charge in [-0.2, -0.15) is 0 Å². The minimum Gasteiger partial charge on any atom is -0.379 e. The second-order valence-corrected chi connectivity index (χ2v) is 3.87. The number of methoxy groups -OCH3 is 1. The van der Waals surface area contributed by atoms with Gasteiger partial charge in [-0.05, 0) is 19.4 Å².